The molecular weight excluding hydrogens is 312 g/mol. The van der Waals surface area contributed by atoms with Crippen LogP contribution in [0.3, 0.4) is 0 Å². The van der Waals surface area contributed by atoms with Crippen molar-refractivity contribution in [2.45, 2.75) is 38.3 Å². The third kappa shape index (κ3) is 4.59. The van der Waals surface area contributed by atoms with Crippen LogP contribution in [0, 0.1) is 11.3 Å². The summed E-state index contributed by atoms with van der Waals surface area (Å²) in [6.07, 6.45) is 4.36. The molecule has 1 saturated carbocycles. The van der Waals surface area contributed by atoms with Crippen LogP contribution in [0.1, 0.15) is 41.6 Å². The van der Waals surface area contributed by atoms with Gasteiger partial charge in [-0.1, -0.05) is 25.0 Å². The van der Waals surface area contributed by atoms with Crippen molar-refractivity contribution in [2.75, 3.05) is 39.8 Å². The molecular formula is C20H28N4O. The lowest BCUT2D eigenvalue weighted by Gasteiger charge is -2.32. The highest BCUT2D eigenvalue weighted by atomic mass is 16.2. The summed E-state index contributed by atoms with van der Waals surface area (Å²) in [4.78, 5) is 19.4. The highest BCUT2D eigenvalue weighted by Crippen LogP contribution is 2.25. The topological polar surface area (TPSA) is 50.6 Å². The van der Waals surface area contributed by atoms with E-state index in [1.807, 2.05) is 12.1 Å². The van der Waals surface area contributed by atoms with Gasteiger partial charge in [0, 0.05) is 44.3 Å². The van der Waals surface area contributed by atoms with Gasteiger partial charge in [-0.15, -0.1) is 0 Å². The number of nitriles is 1. The summed E-state index contributed by atoms with van der Waals surface area (Å²) in [5.74, 6) is -0.000373. The van der Waals surface area contributed by atoms with Crippen LogP contribution in [-0.2, 0) is 6.54 Å². The predicted molar refractivity (Wildman–Crippen MR) is 98.1 cm³/mol. The van der Waals surface area contributed by atoms with Crippen molar-refractivity contribution in [3.8, 4) is 6.07 Å². The smallest absolute Gasteiger partial charge is 0.254 e. The van der Waals surface area contributed by atoms with Gasteiger partial charge < -0.3 is 9.80 Å². The Kier molecular flexibility index (Phi) is 6.06. The minimum absolute atomic E-state index is 0.000373. The summed E-state index contributed by atoms with van der Waals surface area (Å²) in [7, 11) is 2.16. The average Bonchev–Trinajstić information content (AvgIpc) is 3.16. The molecule has 0 aromatic heterocycles. The molecule has 0 atom stereocenters. The summed E-state index contributed by atoms with van der Waals surface area (Å²) >= 11 is 0. The molecule has 0 N–H and O–H groups in total. The molecule has 0 radical (unpaired) electrons. The molecule has 25 heavy (non-hydrogen) atoms. The van der Waals surface area contributed by atoms with Gasteiger partial charge in [-0.2, -0.15) is 5.26 Å². The van der Waals surface area contributed by atoms with E-state index in [2.05, 4.69) is 35.0 Å². The number of carbonyl (C=O) groups excluding carboxylic acids is 1. The van der Waals surface area contributed by atoms with Gasteiger partial charge in [0.1, 0.15) is 6.54 Å². The summed E-state index contributed by atoms with van der Waals surface area (Å²) in [6, 6.07) is 10.4. The minimum Gasteiger partial charge on any atom is -0.322 e. The van der Waals surface area contributed by atoms with E-state index >= 15 is 0 Å². The standard InChI is InChI=1S/C20H28N4O/c1-22-12-14-23(15-13-22)16-17-6-8-18(9-7-17)20(25)24(11-10-21)19-4-2-3-5-19/h6-9,19H,2-5,11-16H2,1H3. The van der Waals surface area contributed by atoms with Crippen LogP contribution >= 0.6 is 0 Å². The molecule has 0 spiro atoms. The van der Waals surface area contributed by atoms with E-state index in [9.17, 15) is 4.79 Å². The molecule has 2 aliphatic rings. The van der Waals surface area contributed by atoms with E-state index in [4.69, 9.17) is 5.26 Å². The first kappa shape index (κ1) is 17.9. The second-order valence-electron chi connectivity index (χ2n) is 7.31. The fourth-order valence-electron chi connectivity index (χ4n) is 3.84. The molecule has 0 bridgehead atoms. The van der Waals surface area contributed by atoms with E-state index in [0.29, 0.717) is 5.56 Å². The Bertz CT molecular complexity index is 608. The summed E-state index contributed by atoms with van der Waals surface area (Å²) in [5, 5.41) is 9.09. The maximum absolute atomic E-state index is 12.8. The van der Waals surface area contributed by atoms with Crippen molar-refractivity contribution < 1.29 is 4.79 Å². The monoisotopic (exact) mass is 340 g/mol. The first-order valence-corrected chi connectivity index (χ1v) is 9.35. The molecule has 2 fully saturated rings. The van der Waals surface area contributed by atoms with Gasteiger partial charge in [-0.05, 0) is 37.6 Å². The van der Waals surface area contributed by atoms with Gasteiger partial charge in [0.15, 0.2) is 0 Å². The van der Waals surface area contributed by atoms with Crippen LogP contribution in [0.2, 0.25) is 0 Å². The van der Waals surface area contributed by atoms with Crippen molar-refractivity contribution in [2.24, 2.45) is 0 Å². The van der Waals surface area contributed by atoms with Gasteiger partial charge >= 0.3 is 0 Å². The SMILES string of the molecule is CN1CCN(Cc2ccc(C(=O)N(CC#N)C3CCCC3)cc2)CC1. The van der Waals surface area contributed by atoms with E-state index < -0.39 is 0 Å². The van der Waals surface area contributed by atoms with Crippen LogP contribution < -0.4 is 0 Å². The van der Waals surface area contributed by atoms with Crippen molar-refractivity contribution in [3.05, 3.63) is 35.4 Å². The Morgan fingerprint density at radius 2 is 1.80 bits per heavy atom. The van der Waals surface area contributed by atoms with Gasteiger partial charge in [0.25, 0.3) is 5.91 Å². The number of nitrogens with zero attached hydrogens (tertiary/aromatic N) is 4. The largest absolute Gasteiger partial charge is 0.322 e. The van der Waals surface area contributed by atoms with Crippen LogP contribution in [0.25, 0.3) is 0 Å². The zero-order valence-corrected chi connectivity index (χ0v) is 15.2. The molecule has 1 aliphatic heterocycles. The Labute approximate surface area is 150 Å². The number of hydrogen-bond acceptors (Lipinski definition) is 4. The molecule has 134 valence electrons. The zero-order chi connectivity index (χ0) is 17.6. The lowest BCUT2D eigenvalue weighted by molar-refractivity contribution is 0.0709. The molecule has 5 heteroatoms. The van der Waals surface area contributed by atoms with E-state index in [1.54, 1.807) is 4.90 Å². The molecule has 1 heterocycles. The number of likely N-dealkylation sites (N-methyl/N-ethyl adjacent to an activating group) is 1. The Morgan fingerprint density at radius 3 is 2.40 bits per heavy atom. The Morgan fingerprint density at radius 1 is 1.16 bits per heavy atom. The molecule has 5 nitrogen and oxygen atoms in total. The van der Waals surface area contributed by atoms with Crippen molar-refractivity contribution in [3.63, 3.8) is 0 Å². The Balaban J connectivity index is 1.62. The van der Waals surface area contributed by atoms with Gasteiger partial charge in [0.05, 0.1) is 6.07 Å². The fraction of sp³-hybridized carbons (Fsp3) is 0.600. The fourth-order valence-corrected chi connectivity index (χ4v) is 3.84. The Hall–Kier alpha value is -1.90. The number of hydrogen-bond donors (Lipinski definition) is 0. The number of benzene rings is 1. The van der Waals surface area contributed by atoms with Gasteiger partial charge in [0.2, 0.25) is 0 Å². The number of carbonyl (C=O) groups is 1. The minimum atomic E-state index is -0.000373. The predicted octanol–water partition coefficient (Wildman–Crippen LogP) is 2.34. The quantitative estimate of drug-likeness (QED) is 0.772. The second kappa shape index (κ2) is 8.46. The second-order valence-corrected chi connectivity index (χ2v) is 7.31. The van der Waals surface area contributed by atoms with Crippen molar-refractivity contribution in [1.29, 1.82) is 5.26 Å². The average molecular weight is 340 g/mol. The van der Waals surface area contributed by atoms with Gasteiger partial charge in [-0.25, -0.2) is 0 Å². The highest BCUT2D eigenvalue weighted by molar-refractivity contribution is 5.94. The maximum atomic E-state index is 12.8. The van der Waals surface area contributed by atoms with E-state index in [1.165, 1.54) is 5.56 Å². The van der Waals surface area contributed by atoms with E-state index in [0.717, 1.165) is 58.4 Å². The number of piperazine rings is 1. The molecule has 1 saturated heterocycles. The number of rotatable bonds is 5. The molecule has 1 aromatic carbocycles. The van der Waals surface area contributed by atoms with Crippen molar-refractivity contribution >= 4 is 5.91 Å². The zero-order valence-electron chi connectivity index (χ0n) is 15.2. The summed E-state index contributed by atoms with van der Waals surface area (Å²) < 4.78 is 0. The van der Waals surface area contributed by atoms with Crippen LogP contribution in [0.4, 0.5) is 0 Å². The third-order valence-corrected chi connectivity index (χ3v) is 5.47. The normalized spacial score (nSPS) is 19.7. The molecule has 1 amide bonds. The summed E-state index contributed by atoms with van der Waals surface area (Å²) in [5.41, 5.74) is 1.94. The first-order chi connectivity index (χ1) is 12.2. The third-order valence-electron chi connectivity index (χ3n) is 5.47. The molecule has 1 aromatic rings. The van der Waals surface area contributed by atoms with Crippen LogP contribution in [0.15, 0.2) is 24.3 Å². The first-order valence-electron chi connectivity index (χ1n) is 9.35. The lowest BCUT2D eigenvalue weighted by Crippen LogP contribution is -2.43. The molecule has 3 rings (SSSR count). The summed E-state index contributed by atoms with van der Waals surface area (Å²) in [6.45, 7) is 5.53. The van der Waals surface area contributed by atoms with Crippen LogP contribution in [0.5, 0.6) is 0 Å². The van der Waals surface area contributed by atoms with Crippen molar-refractivity contribution in [1.82, 2.24) is 14.7 Å². The van der Waals surface area contributed by atoms with Gasteiger partial charge in [-0.3, -0.25) is 9.69 Å². The lowest BCUT2D eigenvalue weighted by atomic mass is 10.1. The highest BCUT2D eigenvalue weighted by Gasteiger charge is 2.27. The molecule has 1 aliphatic carbocycles. The van der Waals surface area contributed by atoms with Crippen LogP contribution in [-0.4, -0.2) is 66.4 Å². The number of amides is 1. The maximum Gasteiger partial charge on any atom is 0.254 e. The molecule has 0 unspecified atom stereocenters. The van der Waals surface area contributed by atoms with E-state index in [-0.39, 0.29) is 18.5 Å².